The van der Waals surface area contributed by atoms with Gasteiger partial charge in [0.25, 0.3) is 0 Å². The highest BCUT2D eigenvalue weighted by molar-refractivity contribution is 7.91. The van der Waals surface area contributed by atoms with Crippen LogP contribution in [0.1, 0.15) is 32.3 Å². The van der Waals surface area contributed by atoms with E-state index in [1.165, 1.54) is 0 Å². The molecule has 20 heavy (non-hydrogen) atoms. The molecule has 0 unspecified atom stereocenters. The number of hydrogen-bond donors (Lipinski definition) is 1. The van der Waals surface area contributed by atoms with E-state index in [-0.39, 0.29) is 11.5 Å². The monoisotopic (exact) mass is 298 g/mol. The van der Waals surface area contributed by atoms with Crippen molar-refractivity contribution in [3.63, 3.8) is 0 Å². The third-order valence-electron chi connectivity index (χ3n) is 3.22. The maximum absolute atomic E-state index is 11.8. The quantitative estimate of drug-likeness (QED) is 0.759. The summed E-state index contributed by atoms with van der Waals surface area (Å²) in [5.41, 5.74) is 7.74. The van der Waals surface area contributed by atoms with Gasteiger partial charge in [-0.25, -0.2) is 8.42 Å². The minimum Gasteiger partial charge on any atom is -0.371 e. The summed E-state index contributed by atoms with van der Waals surface area (Å²) in [6.45, 7) is 5.94. The van der Waals surface area contributed by atoms with Crippen LogP contribution in [-0.2, 0) is 16.4 Å². The molecule has 0 bridgehead atoms. The van der Waals surface area contributed by atoms with Crippen LogP contribution in [0.4, 0.5) is 5.69 Å². The van der Waals surface area contributed by atoms with Crippen LogP contribution in [0, 0.1) is 0 Å². The zero-order chi connectivity index (χ0) is 15.0. The maximum atomic E-state index is 11.8. The van der Waals surface area contributed by atoms with E-state index in [9.17, 15) is 8.42 Å². The highest BCUT2D eigenvalue weighted by atomic mass is 32.2. The Morgan fingerprint density at radius 1 is 1.00 bits per heavy atom. The van der Waals surface area contributed by atoms with E-state index in [0.717, 1.165) is 24.2 Å². The van der Waals surface area contributed by atoms with Gasteiger partial charge in [0, 0.05) is 31.1 Å². The van der Waals surface area contributed by atoms with Crippen molar-refractivity contribution in [2.24, 2.45) is 5.73 Å². The van der Waals surface area contributed by atoms with Gasteiger partial charge in [-0.3, -0.25) is 0 Å². The van der Waals surface area contributed by atoms with Crippen LogP contribution in [0.25, 0.3) is 0 Å². The number of anilines is 1. The fraction of sp³-hybridized carbons (Fsp3) is 0.600. The second-order valence-corrected chi connectivity index (χ2v) is 7.31. The molecule has 0 amide bonds. The standard InChI is InChI=1S/C15H26N2O2S/c1-3-9-17(10-12-20(18,19)11-4-2)15-7-5-14(13-16)6-8-15/h5-8H,3-4,9-13,16H2,1-2H3. The molecule has 0 aliphatic rings. The average molecular weight is 298 g/mol. The highest BCUT2D eigenvalue weighted by Crippen LogP contribution is 2.16. The molecule has 2 N–H and O–H groups in total. The van der Waals surface area contributed by atoms with Crippen LogP contribution < -0.4 is 10.6 Å². The van der Waals surface area contributed by atoms with Crippen LogP contribution in [0.15, 0.2) is 24.3 Å². The van der Waals surface area contributed by atoms with Crippen molar-refractivity contribution in [1.82, 2.24) is 0 Å². The molecule has 0 atom stereocenters. The Balaban J connectivity index is 2.72. The van der Waals surface area contributed by atoms with Gasteiger partial charge in [-0.2, -0.15) is 0 Å². The van der Waals surface area contributed by atoms with Gasteiger partial charge >= 0.3 is 0 Å². The zero-order valence-electron chi connectivity index (χ0n) is 12.5. The molecule has 0 heterocycles. The van der Waals surface area contributed by atoms with Crippen LogP contribution in [0.3, 0.4) is 0 Å². The van der Waals surface area contributed by atoms with Crippen LogP contribution in [-0.4, -0.2) is 33.0 Å². The second kappa shape index (κ2) is 8.27. The van der Waals surface area contributed by atoms with Gasteiger partial charge in [-0.05, 0) is 30.5 Å². The number of rotatable bonds is 9. The normalized spacial score (nSPS) is 11.6. The minimum absolute atomic E-state index is 0.222. The predicted octanol–water partition coefficient (Wildman–Crippen LogP) is 2.19. The SMILES string of the molecule is CCCN(CCS(=O)(=O)CCC)c1ccc(CN)cc1. The molecule has 0 radical (unpaired) electrons. The van der Waals surface area contributed by atoms with Gasteiger partial charge < -0.3 is 10.6 Å². The smallest absolute Gasteiger partial charge is 0.152 e. The van der Waals surface area contributed by atoms with Gasteiger partial charge in [0.2, 0.25) is 0 Å². The summed E-state index contributed by atoms with van der Waals surface area (Å²) in [4.78, 5) is 2.13. The van der Waals surface area contributed by atoms with Crippen molar-refractivity contribution in [1.29, 1.82) is 0 Å². The molecule has 0 spiro atoms. The summed E-state index contributed by atoms with van der Waals surface area (Å²) in [7, 11) is -2.93. The third-order valence-corrected chi connectivity index (χ3v) is 5.05. The molecule has 0 aliphatic heterocycles. The third kappa shape index (κ3) is 5.51. The van der Waals surface area contributed by atoms with E-state index < -0.39 is 9.84 Å². The van der Waals surface area contributed by atoms with Crippen LogP contribution in [0.2, 0.25) is 0 Å². The highest BCUT2D eigenvalue weighted by Gasteiger charge is 2.13. The molecule has 1 aromatic carbocycles. The largest absolute Gasteiger partial charge is 0.371 e. The number of benzene rings is 1. The average Bonchev–Trinajstić information content (AvgIpc) is 2.43. The molecule has 0 aromatic heterocycles. The predicted molar refractivity (Wildman–Crippen MR) is 85.8 cm³/mol. The summed E-state index contributed by atoms with van der Waals surface area (Å²) >= 11 is 0. The molecule has 0 saturated heterocycles. The first-order valence-electron chi connectivity index (χ1n) is 7.26. The zero-order valence-corrected chi connectivity index (χ0v) is 13.3. The van der Waals surface area contributed by atoms with Crippen molar-refractivity contribution in [2.75, 3.05) is 29.5 Å². The topological polar surface area (TPSA) is 63.4 Å². The van der Waals surface area contributed by atoms with Crippen molar-refractivity contribution in [2.45, 2.75) is 33.2 Å². The van der Waals surface area contributed by atoms with Crippen molar-refractivity contribution in [3.05, 3.63) is 29.8 Å². The number of hydrogen-bond acceptors (Lipinski definition) is 4. The summed E-state index contributed by atoms with van der Waals surface area (Å²) in [5, 5.41) is 0. The lowest BCUT2D eigenvalue weighted by molar-refractivity contribution is 0.593. The molecular formula is C15H26N2O2S. The Morgan fingerprint density at radius 3 is 2.15 bits per heavy atom. The first kappa shape index (κ1) is 17.0. The Kier molecular flexibility index (Phi) is 7.02. The van der Waals surface area contributed by atoms with E-state index in [0.29, 0.717) is 19.5 Å². The van der Waals surface area contributed by atoms with Gasteiger partial charge in [0.15, 0.2) is 9.84 Å². The van der Waals surface area contributed by atoms with E-state index >= 15 is 0 Å². The summed E-state index contributed by atoms with van der Waals surface area (Å²) in [6.07, 6.45) is 1.67. The molecule has 0 aliphatic carbocycles. The minimum atomic E-state index is -2.93. The number of nitrogens with zero attached hydrogens (tertiary/aromatic N) is 1. The Labute approximate surface area is 122 Å². The van der Waals surface area contributed by atoms with Gasteiger partial charge in [0.05, 0.1) is 5.75 Å². The van der Waals surface area contributed by atoms with E-state index in [1.54, 1.807) is 0 Å². The summed E-state index contributed by atoms with van der Waals surface area (Å²) < 4.78 is 23.7. The molecule has 5 heteroatoms. The molecule has 114 valence electrons. The molecular weight excluding hydrogens is 272 g/mol. The van der Waals surface area contributed by atoms with Gasteiger partial charge in [0.1, 0.15) is 0 Å². The maximum Gasteiger partial charge on any atom is 0.152 e. The van der Waals surface area contributed by atoms with Gasteiger partial charge in [-0.1, -0.05) is 26.0 Å². The van der Waals surface area contributed by atoms with E-state index in [2.05, 4.69) is 11.8 Å². The van der Waals surface area contributed by atoms with Gasteiger partial charge in [-0.15, -0.1) is 0 Å². The second-order valence-electron chi connectivity index (χ2n) is 5.01. The molecule has 1 rings (SSSR count). The van der Waals surface area contributed by atoms with E-state index in [1.807, 2.05) is 31.2 Å². The lowest BCUT2D eigenvalue weighted by Gasteiger charge is -2.24. The first-order valence-corrected chi connectivity index (χ1v) is 9.09. The molecule has 1 aromatic rings. The van der Waals surface area contributed by atoms with Crippen LogP contribution in [0.5, 0.6) is 0 Å². The van der Waals surface area contributed by atoms with Crippen LogP contribution >= 0.6 is 0 Å². The first-order chi connectivity index (χ1) is 9.52. The Morgan fingerprint density at radius 2 is 1.65 bits per heavy atom. The number of nitrogens with two attached hydrogens (primary N) is 1. The summed E-state index contributed by atoms with van der Waals surface area (Å²) in [5.74, 6) is 0.499. The fourth-order valence-corrected chi connectivity index (χ4v) is 3.47. The van der Waals surface area contributed by atoms with Crippen molar-refractivity contribution >= 4 is 15.5 Å². The summed E-state index contributed by atoms with van der Waals surface area (Å²) in [6, 6.07) is 8.03. The lowest BCUT2D eigenvalue weighted by atomic mass is 10.2. The van der Waals surface area contributed by atoms with E-state index in [4.69, 9.17) is 5.73 Å². The molecule has 0 fully saturated rings. The lowest BCUT2D eigenvalue weighted by Crippen LogP contribution is -2.30. The fourth-order valence-electron chi connectivity index (χ4n) is 2.15. The van der Waals surface area contributed by atoms with Crippen molar-refractivity contribution < 1.29 is 8.42 Å². The number of sulfone groups is 1. The molecule has 4 nitrogen and oxygen atoms in total. The molecule has 0 saturated carbocycles. The Bertz CT molecular complexity index is 483. The van der Waals surface area contributed by atoms with Crippen molar-refractivity contribution in [3.8, 4) is 0 Å². The Hall–Kier alpha value is -1.07.